The van der Waals surface area contributed by atoms with E-state index in [1.54, 1.807) is 0 Å². The van der Waals surface area contributed by atoms with Gasteiger partial charge in [0.2, 0.25) is 6.29 Å². The Morgan fingerprint density at radius 3 is 2.12 bits per heavy atom. The van der Waals surface area contributed by atoms with Crippen LogP contribution in [0.5, 0.6) is 17.2 Å². The summed E-state index contributed by atoms with van der Waals surface area (Å²) in [4.78, 5) is 13.1. The minimum Gasteiger partial charge on any atom is -0.507 e. The van der Waals surface area contributed by atoms with Gasteiger partial charge < -0.3 is 64.6 Å². The number of aliphatic hydroxyl groups excluding tert-OH is 7. The lowest BCUT2D eigenvalue weighted by atomic mass is 9.89. The second-order valence-corrected chi connectivity index (χ2v) is 10.1. The first-order valence-electron chi connectivity index (χ1n) is 12.7. The van der Waals surface area contributed by atoms with Gasteiger partial charge in [-0.1, -0.05) is 0 Å². The van der Waals surface area contributed by atoms with Crippen molar-refractivity contribution in [3.8, 4) is 28.6 Å². The van der Waals surface area contributed by atoms with Gasteiger partial charge in [-0.15, -0.1) is 0 Å². The molecule has 0 bridgehead atoms. The fourth-order valence-corrected chi connectivity index (χ4v) is 5.02. The molecule has 2 saturated heterocycles. The summed E-state index contributed by atoms with van der Waals surface area (Å²) < 4.78 is 22.5. The Hall–Kier alpha value is -3.31. The molecule has 2 aliphatic heterocycles. The number of phenolic OH excluding ortho intramolecular Hbond substituents is 2. The van der Waals surface area contributed by atoms with Crippen LogP contribution in [0.25, 0.3) is 22.3 Å². The molecule has 2 fully saturated rings. The Morgan fingerprint density at radius 2 is 1.46 bits per heavy atom. The molecule has 0 radical (unpaired) electrons. The molecule has 0 saturated carbocycles. The third-order valence-electron chi connectivity index (χ3n) is 7.37. The van der Waals surface area contributed by atoms with Crippen molar-refractivity contribution in [2.24, 2.45) is 0 Å². The van der Waals surface area contributed by atoms with Crippen molar-refractivity contribution in [2.45, 2.75) is 68.1 Å². The highest BCUT2D eigenvalue weighted by molar-refractivity contribution is 5.89. The lowest BCUT2D eigenvalue weighted by Crippen LogP contribution is -2.58. The third kappa shape index (κ3) is 5.14. The smallest absolute Gasteiger partial charge is 0.229 e. The highest BCUT2D eigenvalue weighted by Crippen LogP contribution is 2.43. The van der Waals surface area contributed by atoms with Crippen LogP contribution in [0.3, 0.4) is 0 Å². The fourth-order valence-electron chi connectivity index (χ4n) is 5.02. The van der Waals surface area contributed by atoms with E-state index in [0.29, 0.717) is 5.56 Å². The normalized spacial score (nSPS) is 34.0. The second-order valence-electron chi connectivity index (χ2n) is 10.1. The molecule has 2 aliphatic rings. The van der Waals surface area contributed by atoms with Gasteiger partial charge in [0.25, 0.3) is 0 Å². The molecular formula is C27H30O14. The van der Waals surface area contributed by atoms with Crippen LogP contribution < -0.4 is 10.2 Å². The first kappa shape index (κ1) is 29.2. The van der Waals surface area contributed by atoms with Crippen LogP contribution >= 0.6 is 0 Å². The summed E-state index contributed by atoms with van der Waals surface area (Å²) in [5, 5.41) is 91.4. The SMILES string of the molecule is C[C@@H]1O[C@@H](Oc2ccc(-c3cc(=O)c4c(O)cc(O)c([C@@H]5O[C@H](CO)[C@@H](O)[C@H](O)[C@@H]5O)c4o3)cc2)[C@H](O)[C@H](O)[C@H]1O. The van der Waals surface area contributed by atoms with Crippen LogP contribution in [-0.2, 0) is 9.47 Å². The molecule has 3 aromatic rings. The highest BCUT2D eigenvalue weighted by Gasteiger charge is 2.46. The molecule has 10 atom stereocenters. The molecule has 0 amide bonds. The van der Waals surface area contributed by atoms with Crippen molar-refractivity contribution in [3.05, 3.63) is 52.2 Å². The molecule has 0 spiro atoms. The van der Waals surface area contributed by atoms with Crippen LogP contribution in [0, 0.1) is 0 Å². The number of phenols is 2. The molecular weight excluding hydrogens is 548 g/mol. The highest BCUT2D eigenvalue weighted by atomic mass is 16.7. The Morgan fingerprint density at radius 1 is 0.805 bits per heavy atom. The number of rotatable bonds is 5. The summed E-state index contributed by atoms with van der Waals surface area (Å²) in [6, 6.07) is 7.81. The summed E-state index contributed by atoms with van der Waals surface area (Å²) in [7, 11) is 0. The number of ether oxygens (including phenoxy) is 3. The first-order valence-corrected chi connectivity index (χ1v) is 12.7. The lowest BCUT2D eigenvalue weighted by molar-refractivity contribution is -0.268. The molecule has 0 aliphatic carbocycles. The fraction of sp³-hybridized carbons (Fsp3) is 0.444. The Balaban J connectivity index is 1.51. The van der Waals surface area contributed by atoms with Gasteiger partial charge in [0.1, 0.15) is 77.2 Å². The van der Waals surface area contributed by atoms with Crippen LogP contribution in [0.15, 0.2) is 45.6 Å². The van der Waals surface area contributed by atoms with E-state index in [2.05, 4.69) is 0 Å². The van der Waals surface area contributed by atoms with E-state index in [1.165, 1.54) is 31.2 Å². The monoisotopic (exact) mass is 578 g/mol. The average molecular weight is 579 g/mol. The van der Waals surface area contributed by atoms with E-state index < -0.39 is 84.8 Å². The molecule has 14 nitrogen and oxygen atoms in total. The van der Waals surface area contributed by atoms with Crippen molar-refractivity contribution in [2.75, 3.05) is 6.61 Å². The molecule has 3 heterocycles. The summed E-state index contributed by atoms with van der Waals surface area (Å²) >= 11 is 0. The van der Waals surface area contributed by atoms with Gasteiger partial charge in [0.05, 0.1) is 18.3 Å². The largest absolute Gasteiger partial charge is 0.507 e. The topological polar surface area (TPSA) is 240 Å². The Bertz CT molecular complexity index is 1450. The van der Waals surface area contributed by atoms with Crippen LogP contribution in [0.2, 0.25) is 0 Å². The molecule has 2 aromatic carbocycles. The van der Waals surface area contributed by atoms with Gasteiger partial charge in [-0.2, -0.15) is 0 Å². The zero-order chi connectivity index (χ0) is 29.7. The van der Waals surface area contributed by atoms with E-state index in [-0.39, 0.29) is 28.0 Å². The first-order chi connectivity index (χ1) is 19.4. The third-order valence-corrected chi connectivity index (χ3v) is 7.37. The molecule has 0 unspecified atom stereocenters. The van der Waals surface area contributed by atoms with E-state index in [9.17, 15) is 50.8 Å². The minimum atomic E-state index is -1.81. The standard InChI is InChI=1S/C27H30O14/c1-9-19(32)21(34)24(37)27(38-9)39-11-4-2-10(3-5-11)15-7-14(31)17-12(29)6-13(30)18(25(17)40-15)26-23(36)22(35)20(33)16(8-28)41-26/h2-7,9,16,19-24,26-30,32-37H,8H2,1H3/t9-,16+,19-,20+,21+,22-,23-,24+,26-,27-/m0/s1. The second kappa shape index (κ2) is 11.2. The maximum atomic E-state index is 13.1. The van der Waals surface area contributed by atoms with E-state index in [0.717, 1.165) is 12.1 Å². The maximum absolute atomic E-state index is 13.1. The summed E-state index contributed by atoms with van der Waals surface area (Å²) in [5.41, 5.74) is -1.06. The lowest BCUT2D eigenvalue weighted by Gasteiger charge is -2.40. The number of aliphatic hydroxyl groups is 7. The predicted octanol–water partition coefficient (Wildman–Crippen LogP) is -1.41. The summed E-state index contributed by atoms with van der Waals surface area (Å²) in [6.45, 7) is 0.776. The Kier molecular flexibility index (Phi) is 7.95. The zero-order valence-corrected chi connectivity index (χ0v) is 21.5. The van der Waals surface area contributed by atoms with Gasteiger partial charge in [0.15, 0.2) is 11.0 Å². The van der Waals surface area contributed by atoms with Crippen LogP contribution in [0.4, 0.5) is 0 Å². The van der Waals surface area contributed by atoms with Gasteiger partial charge in [-0.25, -0.2) is 0 Å². The molecule has 222 valence electrons. The van der Waals surface area contributed by atoms with Crippen molar-refractivity contribution in [1.82, 2.24) is 0 Å². The summed E-state index contributed by atoms with van der Waals surface area (Å²) in [6.07, 6.45) is -14.5. The van der Waals surface area contributed by atoms with Crippen molar-refractivity contribution in [3.63, 3.8) is 0 Å². The van der Waals surface area contributed by atoms with Crippen LogP contribution in [0.1, 0.15) is 18.6 Å². The molecule has 41 heavy (non-hydrogen) atoms. The average Bonchev–Trinajstić information content (AvgIpc) is 2.94. The van der Waals surface area contributed by atoms with Crippen molar-refractivity contribution < 1.29 is 64.6 Å². The molecule has 1 aromatic heterocycles. The van der Waals surface area contributed by atoms with Gasteiger partial charge in [-0.05, 0) is 31.2 Å². The number of aromatic hydroxyl groups is 2. The van der Waals surface area contributed by atoms with Crippen molar-refractivity contribution >= 4 is 11.0 Å². The van der Waals surface area contributed by atoms with E-state index in [1.807, 2.05) is 0 Å². The minimum absolute atomic E-state index is 0.0361. The van der Waals surface area contributed by atoms with E-state index in [4.69, 9.17) is 18.6 Å². The molecule has 9 N–H and O–H groups in total. The number of hydrogen-bond acceptors (Lipinski definition) is 14. The number of benzene rings is 2. The van der Waals surface area contributed by atoms with Crippen LogP contribution in [-0.4, -0.2) is 108 Å². The number of hydrogen-bond donors (Lipinski definition) is 9. The summed E-state index contributed by atoms with van der Waals surface area (Å²) in [5.74, 6) is -1.10. The van der Waals surface area contributed by atoms with Gasteiger partial charge in [0, 0.05) is 17.7 Å². The molecule has 5 rings (SSSR count). The van der Waals surface area contributed by atoms with Gasteiger partial charge >= 0.3 is 0 Å². The Labute approximate surface area is 231 Å². The molecule has 14 heteroatoms. The quantitative estimate of drug-likeness (QED) is 0.169. The zero-order valence-electron chi connectivity index (χ0n) is 21.5. The maximum Gasteiger partial charge on any atom is 0.229 e. The van der Waals surface area contributed by atoms with Gasteiger partial charge in [-0.3, -0.25) is 4.79 Å². The number of fused-ring (bicyclic) bond motifs is 1. The predicted molar refractivity (Wildman–Crippen MR) is 137 cm³/mol. The van der Waals surface area contributed by atoms with Crippen molar-refractivity contribution in [1.29, 1.82) is 0 Å². The van der Waals surface area contributed by atoms with E-state index >= 15 is 0 Å².